The average Bonchev–Trinajstić information content (AvgIpc) is 2.90. The molecule has 4 nitrogen and oxygen atoms in total. The Labute approximate surface area is 163 Å². The average molecular weight is 387 g/mol. The fraction of sp³-hybridized carbons (Fsp3) is 0.200. The maximum absolute atomic E-state index is 12.5. The smallest absolute Gasteiger partial charge is 0.276 e. The predicted octanol–water partition coefficient (Wildman–Crippen LogP) is 4.39. The van der Waals surface area contributed by atoms with Crippen molar-refractivity contribution in [3.63, 3.8) is 0 Å². The van der Waals surface area contributed by atoms with Gasteiger partial charge in [-0.3, -0.25) is 9.69 Å². The Morgan fingerprint density at radius 3 is 2.69 bits per heavy atom. The molecule has 0 saturated carbocycles. The van der Waals surface area contributed by atoms with E-state index in [0.717, 1.165) is 17.5 Å². The topological polar surface area (TPSA) is 41.6 Å². The maximum Gasteiger partial charge on any atom is 0.276 e. The molecular formula is C20H19ClN2O2S. The highest BCUT2D eigenvalue weighted by Gasteiger charge is 2.29. The Hall–Kier alpha value is -2.37. The summed E-state index contributed by atoms with van der Waals surface area (Å²) in [6.45, 7) is 2.96. The van der Waals surface area contributed by atoms with Crippen LogP contribution in [-0.4, -0.2) is 22.5 Å². The number of hydrogen-bond acceptors (Lipinski definition) is 3. The minimum atomic E-state index is -0.113. The summed E-state index contributed by atoms with van der Waals surface area (Å²) in [6.07, 6.45) is 2.62. The Kier molecular flexibility index (Phi) is 5.91. The van der Waals surface area contributed by atoms with E-state index in [9.17, 15) is 4.79 Å². The minimum Gasteiger partial charge on any atom is -0.488 e. The molecule has 1 aliphatic heterocycles. The van der Waals surface area contributed by atoms with Gasteiger partial charge in [0.25, 0.3) is 5.91 Å². The quantitative estimate of drug-likeness (QED) is 0.590. The lowest BCUT2D eigenvalue weighted by atomic mass is 10.1. The number of ether oxygens (including phenoxy) is 1. The van der Waals surface area contributed by atoms with Gasteiger partial charge in [0.15, 0.2) is 5.11 Å². The molecule has 134 valence electrons. The number of nitrogens with one attached hydrogen (secondary N) is 1. The highest BCUT2D eigenvalue weighted by atomic mass is 35.5. The second kappa shape index (κ2) is 8.34. The van der Waals surface area contributed by atoms with Gasteiger partial charge in [-0.25, -0.2) is 0 Å². The van der Waals surface area contributed by atoms with Crippen molar-refractivity contribution in [3.05, 3.63) is 70.4 Å². The molecule has 3 rings (SSSR count). The van der Waals surface area contributed by atoms with Crippen LogP contribution in [0.4, 0.5) is 0 Å². The Bertz CT molecular complexity index is 866. The zero-order chi connectivity index (χ0) is 18.5. The van der Waals surface area contributed by atoms with E-state index < -0.39 is 0 Å². The van der Waals surface area contributed by atoms with E-state index in [-0.39, 0.29) is 5.91 Å². The third kappa shape index (κ3) is 4.06. The van der Waals surface area contributed by atoms with Crippen LogP contribution in [0, 0.1) is 0 Å². The third-order valence-corrected chi connectivity index (χ3v) is 4.66. The molecule has 1 saturated heterocycles. The largest absolute Gasteiger partial charge is 0.488 e. The van der Waals surface area contributed by atoms with Gasteiger partial charge >= 0.3 is 0 Å². The molecule has 1 heterocycles. The van der Waals surface area contributed by atoms with E-state index in [1.807, 2.05) is 55.5 Å². The summed E-state index contributed by atoms with van der Waals surface area (Å²) in [5.74, 6) is 0.562. The number of benzene rings is 2. The van der Waals surface area contributed by atoms with Gasteiger partial charge in [0.1, 0.15) is 18.1 Å². The first-order chi connectivity index (χ1) is 12.6. The zero-order valence-corrected chi connectivity index (χ0v) is 15.9. The van der Waals surface area contributed by atoms with Gasteiger partial charge in [-0.15, -0.1) is 0 Å². The molecule has 0 unspecified atom stereocenters. The number of carbonyl (C=O) groups is 1. The van der Waals surface area contributed by atoms with Crippen molar-refractivity contribution in [2.45, 2.75) is 20.0 Å². The molecule has 1 N–H and O–H groups in total. The van der Waals surface area contributed by atoms with Gasteiger partial charge < -0.3 is 10.1 Å². The molecule has 6 heteroatoms. The van der Waals surface area contributed by atoms with Crippen LogP contribution in [0.15, 0.2) is 54.2 Å². The van der Waals surface area contributed by atoms with Crippen LogP contribution in [0.25, 0.3) is 6.08 Å². The van der Waals surface area contributed by atoms with Gasteiger partial charge in [-0.05, 0) is 36.8 Å². The van der Waals surface area contributed by atoms with Crippen molar-refractivity contribution in [1.29, 1.82) is 0 Å². The number of halogens is 1. The first kappa shape index (κ1) is 18.4. The standard InChI is InChI=1S/C20H19ClN2O2S/c1-2-11-23-19(24)17(22-20(23)26)12-14-7-4-6-10-18(14)25-13-15-8-3-5-9-16(15)21/h3-10,12H,2,11,13H2,1H3,(H,22,26)/b17-12-. The molecule has 0 aromatic heterocycles. The number of para-hydroxylation sites is 1. The molecule has 0 spiro atoms. The summed E-state index contributed by atoms with van der Waals surface area (Å²) < 4.78 is 5.94. The van der Waals surface area contributed by atoms with Crippen molar-refractivity contribution in [1.82, 2.24) is 10.2 Å². The van der Waals surface area contributed by atoms with Crippen LogP contribution >= 0.6 is 23.8 Å². The number of rotatable bonds is 6. The van der Waals surface area contributed by atoms with E-state index in [1.165, 1.54) is 0 Å². The fourth-order valence-corrected chi connectivity index (χ4v) is 3.13. The van der Waals surface area contributed by atoms with Gasteiger partial charge in [-0.1, -0.05) is 54.9 Å². The second-order valence-electron chi connectivity index (χ2n) is 5.86. The van der Waals surface area contributed by atoms with E-state index in [2.05, 4.69) is 5.32 Å². The van der Waals surface area contributed by atoms with Gasteiger partial charge in [0.2, 0.25) is 0 Å². The van der Waals surface area contributed by atoms with E-state index in [0.29, 0.717) is 34.7 Å². The van der Waals surface area contributed by atoms with Gasteiger partial charge in [-0.2, -0.15) is 0 Å². The van der Waals surface area contributed by atoms with Crippen molar-refractivity contribution in [3.8, 4) is 5.75 Å². The van der Waals surface area contributed by atoms with E-state index in [1.54, 1.807) is 11.0 Å². The van der Waals surface area contributed by atoms with Crippen molar-refractivity contribution in [2.24, 2.45) is 0 Å². The zero-order valence-electron chi connectivity index (χ0n) is 14.4. The summed E-state index contributed by atoms with van der Waals surface area (Å²) in [6, 6.07) is 15.1. The molecule has 0 atom stereocenters. The lowest BCUT2D eigenvalue weighted by molar-refractivity contribution is -0.122. The summed E-state index contributed by atoms with van der Waals surface area (Å²) in [7, 11) is 0. The van der Waals surface area contributed by atoms with Gasteiger partial charge in [0.05, 0.1) is 0 Å². The summed E-state index contributed by atoms with van der Waals surface area (Å²) in [5, 5.41) is 4.10. The highest BCUT2D eigenvalue weighted by molar-refractivity contribution is 7.80. The number of hydrogen-bond donors (Lipinski definition) is 1. The number of amides is 1. The Morgan fingerprint density at radius 2 is 1.92 bits per heavy atom. The van der Waals surface area contributed by atoms with E-state index >= 15 is 0 Å². The molecule has 26 heavy (non-hydrogen) atoms. The molecule has 2 aromatic carbocycles. The Balaban J connectivity index is 1.80. The lowest BCUT2D eigenvalue weighted by Gasteiger charge is -2.11. The van der Waals surface area contributed by atoms with Crippen LogP contribution in [-0.2, 0) is 11.4 Å². The second-order valence-corrected chi connectivity index (χ2v) is 6.66. The SMILES string of the molecule is CCCN1C(=O)/C(=C/c2ccccc2OCc2ccccc2Cl)NC1=S. The molecule has 1 fully saturated rings. The van der Waals surface area contributed by atoms with Crippen LogP contribution in [0.5, 0.6) is 5.75 Å². The third-order valence-electron chi connectivity index (χ3n) is 3.97. The molecule has 0 aliphatic carbocycles. The normalized spacial score (nSPS) is 15.5. The minimum absolute atomic E-state index is 0.113. The van der Waals surface area contributed by atoms with Crippen molar-refractivity contribution in [2.75, 3.05) is 6.54 Å². The van der Waals surface area contributed by atoms with Crippen LogP contribution in [0.2, 0.25) is 5.02 Å². The summed E-state index contributed by atoms with van der Waals surface area (Å²) in [4.78, 5) is 14.1. The van der Waals surface area contributed by atoms with E-state index in [4.69, 9.17) is 28.6 Å². The molecule has 1 aliphatic rings. The van der Waals surface area contributed by atoms with Gasteiger partial charge in [0, 0.05) is 22.7 Å². The maximum atomic E-state index is 12.5. The number of carbonyl (C=O) groups excluding carboxylic acids is 1. The molecule has 2 aromatic rings. The van der Waals surface area contributed by atoms with Crippen molar-refractivity contribution >= 4 is 40.9 Å². The molecule has 0 bridgehead atoms. The summed E-state index contributed by atoms with van der Waals surface area (Å²) in [5.41, 5.74) is 2.16. The van der Waals surface area contributed by atoms with Crippen molar-refractivity contribution < 1.29 is 9.53 Å². The fourth-order valence-electron chi connectivity index (χ4n) is 2.66. The summed E-state index contributed by atoms with van der Waals surface area (Å²) >= 11 is 11.4. The van der Waals surface area contributed by atoms with Crippen LogP contribution in [0.3, 0.4) is 0 Å². The Morgan fingerprint density at radius 1 is 1.19 bits per heavy atom. The molecular weight excluding hydrogens is 368 g/mol. The monoisotopic (exact) mass is 386 g/mol. The van der Waals surface area contributed by atoms with Crippen LogP contribution < -0.4 is 10.1 Å². The molecule has 1 amide bonds. The molecule has 0 radical (unpaired) electrons. The van der Waals surface area contributed by atoms with Crippen LogP contribution in [0.1, 0.15) is 24.5 Å². The predicted molar refractivity (Wildman–Crippen MR) is 108 cm³/mol. The number of nitrogens with zero attached hydrogens (tertiary/aromatic N) is 1. The first-order valence-corrected chi connectivity index (χ1v) is 9.18. The lowest BCUT2D eigenvalue weighted by Crippen LogP contribution is -2.31. The highest BCUT2D eigenvalue weighted by Crippen LogP contribution is 2.25. The number of thiocarbonyl (C=S) groups is 1. The first-order valence-electron chi connectivity index (χ1n) is 8.40.